The predicted molar refractivity (Wildman–Crippen MR) is 83.3 cm³/mol. The van der Waals surface area contributed by atoms with Crippen LogP contribution in [0.2, 0.25) is 10.0 Å². The van der Waals surface area contributed by atoms with Crippen molar-refractivity contribution < 1.29 is 0 Å². The second-order valence-electron chi connectivity index (χ2n) is 4.41. The molecule has 20 heavy (non-hydrogen) atoms. The van der Waals surface area contributed by atoms with Gasteiger partial charge in [-0.05, 0) is 13.0 Å². The molecule has 0 radical (unpaired) electrons. The molecule has 8 heteroatoms. The summed E-state index contributed by atoms with van der Waals surface area (Å²) in [6.07, 6.45) is 1.84. The van der Waals surface area contributed by atoms with Gasteiger partial charge in [-0.15, -0.1) is 0 Å². The average Bonchev–Trinajstić information content (AvgIpc) is 3.00. The normalized spacial score (nSPS) is 12.4. The monoisotopic (exact) mass is 327 g/mol. The minimum Gasteiger partial charge on any atom is -0.378 e. The summed E-state index contributed by atoms with van der Waals surface area (Å²) in [6.45, 7) is 2.64. The number of aryl methyl sites for hydroxylation is 1. The Balaban J connectivity index is 1.91. The van der Waals surface area contributed by atoms with Crippen molar-refractivity contribution in [2.45, 2.75) is 13.5 Å². The van der Waals surface area contributed by atoms with Gasteiger partial charge in [-0.25, -0.2) is 0 Å². The highest BCUT2D eigenvalue weighted by Crippen LogP contribution is 2.47. The van der Waals surface area contributed by atoms with Crippen LogP contribution in [-0.4, -0.2) is 9.78 Å². The fourth-order valence-corrected chi connectivity index (χ4v) is 3.12. The molecule has 0 bridgehead atoms. The lowest BCUT2D eigenvalue weighted by Gasteiger charge is -2.11. The van der Waals surface area contributed by atoms with Gasteiger partial charge >= 0.3 is 0 Å². The Labute approximate surface area is 129 Å². The number of hydrogen-bond acceptors (Lipinski definition) is 4. The van der Waals surface area contributed by atoms with Crippen LogP contribution in [0, 0.1) is 6.92 Å². The van der Waals surface area contributed by atoms with Gasteiger partial charge in [0.05, 0.1) is 33.3 Å². The zero-order valence-electron chi connectivity index (χ0n) is 10.8. The number of benzene rings is 1. The Morgan fingerprint density at radius 2 is 2.00 bits per heavy atom. The SMILES string of the molecule is Cc1c(CNc2c(Cl)cc(Cl)c3c2N=S=N3)cnn1C. The molecule has 104 valence electrons. The third-order valence-electron chi connectivity index (χ3n) is 3.24. The Morgan fingerprint density at radius 1 is 1.25 bits per heavy atom. The Bertz CT molecular complexity index is 762. The number of anilines is 1. The van der Waals surface area contributed by atoms with E-state index in [0.29, 0.717) is 28.0 Å². The van der Waals surface area contributed by atoms with Crippen LogP contribution in [0.1, 0.15) is 11.3 Å². The Kier molecular flexibility index (Phi) is 3.54. The zero-order chi connectivity index (χ0) is 14.3. The zero-order valence-corrected chi connectivity index (χ0v) is 13.1. The first-order chi connectivity index (χ1) is 9.58. The summed E-state index contributed by atoms with van der Waals surface area (Å²) in [5, 5.41) is 8.57. The van der Waals surface area contributed by atoms with Crippen LogP contribution in [0.25, 0.3) is 0 Å². The van der Waals surface area contributed by atoms with Crippen molar-refractivity contribution in [2.24, 2.45) is 15.8 Å². The van der Waals surface area contributed by atoms with Crippen molar-refractivity contribution in [1.29, 1.82) is 0 Å². The number of fused-ring (bicyclic) bond motifs is 1. The van der Waals surface area contributed by atoms with Crippen LogP contribution < -0.4 is 5.32 Å². The van der Waals surface area contributed by atoms with Gasteiger partial charge in [0, 0.05) is 24.8 Å². The molecule has 0 saturated heterocycles. The first-order valence-electron chi connectivity index (χ1n) is 5.89. The molecule has 0 spiro atoms. The van der Waals surface area contributed by atoms with Crippen LogP contribution in [0.15, 0.2) is 21.0 Å². The van der Waals surface area contributed by atoms with Crippen molar-refractivity contribution in [2.75, 3.05) is 5.32 Å². The van der Waals surface area contributed by atoms with Gasteiger partial charge in [0.2, 0.25) is 0 Å². The van der Waals surface area contributed by atoms with Crippen LogP contribution in [-0.2, 0) is 24.9 Å². The maximum Gasteiger partial charge on any atom is 0.130 e. The van der Waals surface area contributed by atoms with Crippen LogP contribution in [0.4, 0.5) is 17.1 Å². The maximum atomic E-state index is 6.25. The number of nitrogens with zero attached hydrogens (tertiary/aromatic N) is 4. The third kappa shape index (κ3) is 2.24. The van der Waals surface area contributed by atoms with E-state index in [0.717, 1.165) is 28.3 Å². The molecule has 1 aliphatic rings. The molecular weight excluding hydrogens is 317 g/mol. The van der Waals surface area contributed by atoms with Crippen molar-refractivity contribution in [3.63, 3.8) is 0 Å². The summed E-state index contributed by atoms with van der Waals surface area (Å²) in [6, 6.07) is 1.69. The molecule has 1 aromatic carbocycles. The second kappa shape index (κ2) is 5.20. The fraction of sp³-hybridized carbons (Fsp3) is 0.250. The lowest BCUT2D eigenvalue weighted by atomic mass is 10.2. The molecule has 1 aliphatic heterocycles. The van der Waals surface area contributed by atoms with Crippen molar-refractivity contribution in [3.8, 4) is 0 Å². The van der Waals surface area contributed by atoms with E-state index in [4.69, 9.17) is 23.2 Å². The molecule has 2 heterocycles. The van der Waals surface area contributed by atoms with E-state index in [1.165, 1.54) is 0 Å². The molecule has 0 atom stereocenters. The van der Waals surface area contributed by atoms with Gasteiger partial charge in [-0.2, -0.15) is 13.8 Å². The third-order valence-corrected chi connectivity index (χ3v) is 4.35. The molecule has 0 aliphatic carbocycles. The van der Waals surface area contributed by atoms with E-state index >= 15 is 0 Å². The van der Waals surface area contributed by atoms with Crippen molar-refractivity contribution in [3.05, 3.63) is 33.6 Å². The molecule has 0 fully saturated rings. The van der Waals surface area contributed by atoms with Gasteiger partial charge < -0.3 is 5.32 Å². The van der Waals surface area contributed by atoms with E-state index in [2.05, 4.69) is 19.1 Å². The van der Waals surface area contributed by atoms with Crippen LogP contribution in [0.3, 0.4) is 0 Å². The molecule has 0 amide bonds. The lowest BCUT2D eigenvalue weighted by molar-refractivity contribution is 0.738. The van der Waals surface area contributed by atoms with Crippen molar-refractivity contribution in [1.82, 2.24) is 9.78 Å². The Hall–Kier alpha value is -1.37. The van der Waals surface area contributed by atoms with Gasteiger partial charge in [0.25, 0.3) is 0 Å². The maximum absolute atomic E-state index is 6.25. The topological polar surface area (TPSA) is 54.6 Å². The van der Waals surface area contributed by atoms with E-state index in [1.54, 1.807) is 6.07 Å². The quantitative estimate of drug-likeness (QED) is 0.776. The van der Waals surface area contributed by atoms with Crippen molar-refractivity contribution >= 4 is 51.6 Å². The first kappa shape index (κ1) is 13.6. The molecular formula is C12H11Cl2N5S. The molecule has 0 unspecified atom stereocenters. The van der Waals surface area contributed by atoms with E-state index in [-0.39, 0.29) is 0 Å². The molecule has 5 nitrogen and oxygen atoms in total. The Morgan fingerprint density at radius 3 is 2.70 bits per heavy atom. The van der Waals surface area contributed by atoms with Gasteiger partial charge in [0.1, 0.15) is 11.4 Å². The van der Waals surface area contributed by atoms with Crippen LogP contribution >= 0.6 is 23.2 Å². The number of aromatic nitrogens is 2. The molecule has 1 aromatic heterocycles. The highest BCUT2D eigenvalue weighted by atomic mass is 35.5. The highest BCUT2D eigenvalue weighted by Gasteiger charge is 2.18. The van der Waals surface area contributed by atoms with Gasteiger partial charge in [-0.3, -0.25) is 4.68 Å². The average molecular weight is 328 g/mol. The van der Waals surface area contributed by atoms with Crippen LogP contribution in [0.5, 0.6) is 0 Å². The number of hydrogen-bond donors (Lipinski definition) is 1. The van der Waals surface area contributed by atoms with E-state index in [9.17, 15) is 0 Å². The highest BCUT2D eigenvalue weighted by molar-refractivity contribution is 7.58. The molecule has 1 N–H and O–H groups in total. The smallest absolute Gasteiger partial charge is 0.130 e. The standard InChI is InChI=1S/C12H11Cl2N5S/c1-6-7(5-16-19(6)2)4-15-10-8(13)3-9(14)11-12(10)18-20-17-11/h3,5,15H,4H2,1-2H3. The number of rotatable bonds is 3. The second-order valence-corrected chi connectivity index (χ2v) is 5.75. The largest absolute Gasteiger partial charge is 0.378 e. The summed E-state index contributed by atoms with van der Waals surface area (Å²) in [5.74, 6) is 0. The predicted octanol–water partition coefficient (Wildman–Crippen LogP) is 4.37. The number of halogens is 2. The minimum absolute atomic E-state index is 0.516. The summed E-state index contributed by atoms with van der Waals surface area (Å²) in [7, 11) is 1.91. The van der Waals surface area contributed by atoms with E-state index in [1.807, 2.05) is 24.9 Å². The molecule has 2 aromatic rings. The fourth-order valence-electron chi connectivity index (χ4n) is 1.94. The lowest BCUT2D eigenvalue weighted by Crippen LogP contribution is -2.02. The van der Waals surface area contributed by atoms with Gasteiger partial charge in [0.15, 0.2) is 0 Å². The summed E-state index contributed by atoms with van der Waals surface area (Å²) in [4.78, 5) is 0. The first-order valence-corrected chi connectivity index (χ1v) is 7.38. The van der Waals surface area contributed by atoms with E-state index < -0.39 is 0 Å². The minimum atomic E-state index is 0.516. The number of nitrogens with one attached hydrogen (secondary N) is 1. The summed E-state index contributed by atoms with van der Waals surface area (Å²) in [5.41, 5.74) is 4.34. The van der Waals surface area contributed by atoms with Gasteiger partial charge in [-0.1, -0.05) is 23.2 Å². The molecule has 3 rings (SSSR count). The molecule has 0 saturated carbocycles. The summed E-state index contributed by atoms with van der Waals surface area (Å²) >= 11 is 13.5. The summed E-state index contributed by atoms with van der Waals surface area (Å²) < 4.78 is 10.3.